The van der Waals surface area contributed by atoms with Gasteiger partial charge in [0.25, 0.3) is 0 Å². The van der Waals surface area contributed by atoms with E-state index in [-0.39, 0.29) is 5.78 Å². The van der Waals surface area contributed by atoms with Crippen LogP contribution in [0.1, 0.15) is 16.8 Å². The number of nitrogens with zero attached hydrogens (tertiary/aromatic N) is 2. The van der Waals surface area contributed by atoms with Crippen molar-refractivity contribution in [3.8, 4) is 0 Å². The van der Waals surface area contributed by atoms with Crippen molar-refractivity contribution in [3.05, 3.63) is 36.7 Å². The third-order valence-corrected chi connectivity index (χ3v) is 1.24. The summed E-state index contributed by atoms with van der Waals surface area (Å²) in [7, 11) is 0. The lowest BCUT2D eigenvalue weighted by molar-refractivity contribution is 0.0995. The van der Waals surface area contributed by atoms with Crippen LogP contribution in [0.2, 0.25) is 0 Å². The molecule has 1 aromatic rings. The molecule has 0 amide bonds. The Morgan fingerprint density at radius 1 is 1.64 bits per heavy atom. The maximum absolute atomic E-state index is 11.1. The third-order valence-electron chi connectivity index (χ3n) is 1.24. The molecule has 0 bridgehead atoms. The van der Waals surface area contributed by atoms with Crippen LogP contribution < -0.4 is 0 Å². The molecule has 1 aromatic heterocycles. The second-order valence-corrected chi connectivity index (χ2v) is 2.05. The summed E-state index contributed by atoms with van der Waals surface area (Å²) in [6, 6.07) is 1.64. The summed E-state index contributed by atoms with van der Waals surface area (Å²) < 4.78 is 0. The number of rotatable bonds is 3. The number of carbonyl (C=O) groups excluding carboxylic acids is 1. The molecule has 0 aliphatic heterocycles. The van der Waals surface area contributed by atoms with Crippen molar-refractivity contribution in [3.63, 3.8) is 0 Å². The largest absolute Gasteiger partial charge is 0.294 e. The van der Waals surface area contributed by atoms with E-state index in [1.165, 1.54) is 12.4 Å². The molecule has 0 fully saturated rings. The average Bonchev–Trinajstić information content (AvgIpc) is 2.07. The van der Waals surface area contributed by atoms with Gasteiger partial charge in [-0.05, 0) is 6.07 Å². The Morgan fingerprint density at radius 2 is 2.45 bits per heavy atom. The second-order valence-electron chi connectivity index (χ2n) is 2.05. The third kappa shape index (κ3) is 1.97. The van der Waals surface area contributed by atoms with Crippen LogP contribution in [0.4, 0.5) is 0 Å². The van der Waals surface area contributed by atoms with Crippen LogP contribution in [-0.2, 0) is 0 Å². The van der Waals surface area contributed by atoms with E-state index in [4.69, 9.17) is 0 Å². The first kappa shape index (κ1) is 7.60. The number of Topliss-reactive ketones (excluding diaryl/α,β-unsaturated/α-hetero) is 1. The number of aromatic nitrogens is 2. The molecule has 0 aliphatic carbocycles. The highest BCUT2D eigenvalue weighted by Gasteiger charge is 2.01. The molecule has 0 unspecified atom stereocenters. The van der Waals surface area contributed by atoms with E-state index in [2.05, 4.69) is 16.8 Å². The summed E-state index contributed by atoms with van der Waals surface area (Å²) in [6.07, 6.45) is 4.87. The Balaban J connectivity index is 2.77. The van der Waals surface area contributed by atoms with Gasteiger partial charge in [-0.15, -0.1) is 6.58 Å². The Hall–Kier alpha value is -1.51. The number of hydrogen-bond donors (Lipinski definition) is 0. The molecule has 3 nitrogen and oxygen atoms in total. The molecule has 0 N–H and O–H groups in total. The molecule has 0 spiro atoms. The maximum Gasteiger partial charge on any atom is 0.168 e. The molecule has 1 heterocycles. The fraction of sp³-hybridized carbons (Fsp3) is 0.125. The first-order chi connectivity index (χ1) is 5.34. The second kappa shape index (κ2) is 3.61. The van der Waals surface area contributed by atoms with Gasteiger partial charge in [0.15, 0.2) is 5.78 Å². The highest BCUT2D eigenvalue weighted by Crippen LogP contribution is 1.99. The molecule has 56 valence electrons. The minimum absolute atomic E-state index is 0.0231. The molecular formula is C8H8N2O. The van der Waals surface area contributed by atoms with Crippen LogP contribution in [0.5, 0.6) is 0 Å². The smallest absolute Gasteiger partial charge is 0.168 e. The van der Waals surface area contributed by atoms with Crippen LogP contribution in [0.3, 0.4) is 0 Å². The Labute approximate surface area is 64.8 Å². The Kier molecular flexibility index (Phi) is 2.49. The summed E-state index contributed by atoms with van der Waals surface area (Å²) in [5.74, 6) is 0.0231. The molecule has 3 heteroatoms. The number of ketones is 1. The molecule has 0 aliphatic rings. The van der Waals surface area contributed by atoms with Gasteiger partial charge in [0.2, 0.25) is 0 Å². The quantitative estimate of drug-likeness (QED) is 0.478. The predicted molar refractivity (Wildman–Crippen MR) is 41.2 cm³/mol. The van der Waals surface area contributed by atoms with E-state index in [1.807, 2.05) is 0 Å². The molecule has 0 saturated heterocycles. The topological polar surface area (TPSA) is 42.9 Å². The van der Waals surface area contributed by atoms with Gasteiger partial charge in [0.05, 0.1) is 12.4 Å². The van der Waals surface area contributed by atoms with Gasteiger partial charge in [-0.2, -0.15) is 10.2 Å². The summed E-state index contributed by atoms with van der Waals surface area (Å²) in [4.78, 5) is 11.1. The van der Waals surface area contributed by atoms with Gasteiger partial charge in [-0.3, -0.25) is 4.79 Å². The zero-order valence-corrected chi connectivity index (χ0v) is 6.03. The lowest BCUT2D eigenvalue weighted by atomic mass is 10.1. The molecule has 0 saturated carbocycles. The van der Waals surface area contributed by atoms with Crippen LogP contribution in [0, 0.1) is 0 Å². The normalized spacial score (nSPS) is 9.09. The first-order valence-electron chi connectivity index (χ1n) is 3.25. The zero-order valence-electron chi connectivity index (χ0n) is 6.03. The highest BCUT2D eigenvalue weighted by molar-refractivity contribution is 5.96. The highest BCUT2D eigenvalue weighted by atomic mass is 16.1. The lowest BCUT2D eigenvalue weighted by Crippen LogP contribution is -1.97. The van der Waals surface area contributed by atoms with Gasteiger partial charge >= 0.3 is 0 Å². The number of hydrogen-bond acceptors (Lipinski definition) is 3. The molecule has 11 heavy (non-hydrogen) atoms. The number of allylic oxidation sites excluding steroid dienone is 1. The van der Waals surface area contributed by atoms with E-state index in [0.29, 0.717) is 12.0 Å². The molecule has 0 atom stereocenters. The van der Waals surface area contributed by atoms with Crippen LogP contribution in [0.25, 0.3) is 0 Å². The molecule has 1 rings (SSSR count). The fourth-order valence-electron chi connectivity index (χ4n) is 0.705. The maximum atomic E-state index is 11.1. The van der Waals surface area contributed by atoms with E-state index in [9.17, 15) is 4.79 Å². The van der Waals surface area contributed by atoms with E-state index in [1.54, 1.807) is 12.1 Å². The van der Waals surface area contributed by atoms with Gasteiger partial charge in [0.1, 0.15) is 0 Å². The molecule has 0 aromatic carbocycles. The van der Waals surface area contributed by atoms with Crippen molar-refractivity contribution in [2.75, 3.05) is 0 Å². The van der Waals surface area contributed by atoms with Crippen molar-refractivity contribution in [2.24, 2.45) is 0 Å². The number of carbonyl (C=O) groups is 1. The van der Waals surface area contributed by atoms with E-state index in [0.717, 1.165) is 0 Å². The van der Waals surface area contributed by atoms with Gasteiger partial charge in [-0.1, -0.05) is 6.08 Å². The van der Waals surface area contributed by atoms with Crippen LogP contribution in [0.15, 0.2) is 31.1 Å². The van der Waals surface area contributed by atoms with Crippen LogP contribution in [-0.4, -0.2) is 16.0 Å². The predicted octanol–water partition coefficient (Wildman–Crippen LogP) is 1.24. The summed E-state index contributed by atoms with van der Waals surface area (Å²) in [5.41, 5.74) is 0.583. The minimum atomic E-state index is 0.0231. The van der Waals surface area contributed by atoms with Crippen molar-refractivity contribution in [2.45, 2.75) is 6.42 Å². The molecular weight excluding hydrogens is 140 g/mol. The fourth-order valence-corrected chi connectivity index (χ4v) is 0.705. The van der Waals surface area contributed by atoms with Crippen molar-refractivity contribution in [1.82, 2.24) is 10.2 Å². The Morgan fingerprint density at radius 3 is 3.00 bits per heavy atom. The Bertz CT molecular complexity index is 256. The average molecular weight is 148 g/mol. The monoisotopic (exact) mass is 148 g/mol. The first-order valence-corrected chi connectivity index (χ1v) is 3.25. The van der Waals surface area contributed by atoms with E-state index >= 15 is 0 Å². The summed E-state index contributed by atoms with van der Waals surface area (Å²) in [5, 5.41) is 7.14. The van der Waals surface area contributed by atoms with Gasteiger partial charge < -0.3 is 0 Å². The zero-order chi connectivity index (χ0) is 8.10. The standard InChI is InChI=1S/C8H8N2O/c1-2-3-8(11)7-4-5-9-10-6-7/h2,4-6H,1,3H2. The van der Waals surface area contributed by atoms with Gasteiger partial charge in [0, 0.05) is 12.0 Å². The van der Waals surface area contributed by atoms with E-state index < -0.39 is 0 Å². The summed E-state index contributed by atoms with van der Waals surface area (Å²) in [6.45, 7) is 3.47. The van der Waals surface area contributed by atoms with Crippen molar-refractivity contribution in [1.29, 1.82) is 0 Å². The SMILES string of the molecule is C=CCC(=O)c1ccnnc1. The van der Waals surface area contributed by atoms with Crippen LogP contribution >= 0.6 is 0 Å². The van der Waals surface area contributed by atoms with Crippen molar-refractivity contribution < 1.29 is 4.79 Å². The summed E-state index contributed by atoms with van der Waals surface area (Å²) >= 11 is 0. The van der Waals surface area contributed by atoms with Crippen molar-refractivity contribution >= 4 is 5.78 Å². The lowest BCUT2D eigenvalue weighted by Gasteiger charge is -1.93. The molecule has 0 radical (unpaired) electrons. The minimum Gasteiger partial charge on any atom is -0.294 e. The van der Waals surface area contributed by atoms with Gasteiger partial charge in [-0.25, -0.2) is 0 Å².